The van der Waals surface area contributed by atoms with Crippen molar-refractivity contribution in [3.63, 3.8) is 0 Å². The van der Waals surface area contributed by atoms with Gasteiger partial charge in [-0.15, -0.1) is 0 Å². The van der Waals surface area contributed by atoms with Gasteiger partial charge in [-0.25, -0.2) is 9.98 Å². The van der Waals surface area contributed by atoms with Crippen LogP contribution in [-0.2, 0) is 13.2 Å². The van der Waals surface area contributed by atoms with Crippen molar-refractivity contribution in [3.05, 3.63) is 76.7 Å². The molecule has 0 saturated carbocycles. The highest BCUT2D eigenvalue weighted by atomic mass is 35.5. The van der Waals surface area contributed by atoms with Gasteiger partial charge in [0.25, 0.3) is 5.91 Å². The fourth-order valence-electron chi connectivity index (χ4n) is 4.28. The molecule has 2 aromatic carbocycles. The molecule has 0 aliphatic carbocycles. The maximum atomic E-state index is 13.2. The molecule has 0 bridgehead atoms. The van der Waals surface area contributed by atoms with Crippen LogP contribution in [0.15, 0.2) is 60.0 Å². The van der Waals surface area contributed by atoms with Gasteiger partial charge >= 0.3 is 6.18 Å². The zero-order chi connectivity index (χ0) is 24.3. The summed E-state index contributed by atoms with van der Waals surface area (Å²) in [5, 5.41) is 2.86. The summed E-state index contributed by atoms with van der Waals surface area (Å²) in [4.78, 5) is 21.0. The predicted molar refractivity (Wildman–Crippen MR) is 126 cm³/mol. The third-order valence-corrected chi connectivity index (χ3v) is 6.46. The molecule has 1 N–H and O–H groups in total. The number of aromatic nitrogens is 2. The molecule has 4 rings (SSSR count). The number of imidazole rings is 1. The lowest BCUT2D eigenvalue weighted by Gasteiger charge is -2.29. The fraction of sp³-hybridized carbons (Fsp3) is 0.320. The van der Waals surface area contributed by atoms with E-state index in [-0.39, 0.29) is 17.5 Å². The van der Waals surface area contributed by atoms with Crippen LogP contribution in [0.25, 0.3) is 11.3 Å². The molecule has 0 spiro atoms. The molecule has 2 unspecified atom stereocenters. The molecule has 5 nitrogen and oxygen atoms in total. The lowest BCUT2D eigenvalue weighted by molar-refractivity contribution is -0.137. The number of nitrogens with one attached hydrogen (secondary N) is 1. The predicted octanol–water partition coefficient (Wildman–Crippen LogP) is 5.90. The van der Waals surface area contributed by atoms with E-state index >= 15 is 0 Å². The number of halogens is 4. The summed E-state index contributed by atoms with van der Waals surface area (Å²) >= 11 is 5.93. The zero-order valence-electron chi connectivity index (χ0n) is 18.5. The minimum Gasteiger partial charge on any atom is -0.334 e. The monoisotopic (exact) mass is 488 g/mol. The molecule has 1 saturated heterocycles. The highest BCUT2D eigenvalue weighted by Gasteiger charge is 2.34. The summed E-state index contributed by atoms with van der Waals surface area (Å²) in [5.74, 6) is -1.05. The molecule has 178 valence electrons. The lowest BCUT2D eigenvalue weighted by Crippen LogP contribution is -2.39. The molecule has 9 heteroatoms. The van der Waals surface area contributed by atoms with Crippen molar-refractivity contribution >= 4 is 23.7 Å². The number of piperidine rings is 1. The van der Waals surface area contributed by atoms with Crippen LogP contribution in [0, 0.1) is 0 Å². The molecule has 1 amide bonds. The fourth-order valence-corrected chi connectivity index (χ4v) is 4.60. The van der Waals surface area contributed by atoms with Gasteiger partial charge in [-0.1, -0.05) is 42.3 Å². The quantitative estimate of drug-likeness (QED) is 0.455. The Morgan fingerprint density at radius 2 is 2.06 bits per heavy atom. The zero-order valence-corrected chi connectivity index (χ0v) is 19.3. The molecule has 2 heterocycles. The summed E-state index contributed by atoms with van der Waals surface area (Å²) in [6.07, 6.45) is 3.37. The largest absolute Gasteiger partial charge is 0.417 e. The standard InChI is InChI=1S/C25H24ClF3N4O/c1-33-15-30-14-22(33)17-7-4-6-16(12-17)19(21-10-2-3-11-31-21)13-32-24(34)18-8-5-9-20(23(18)26)25(27,28)29/h4-9,12-15,19,21,31H,2-3,10-11H2,1H3. The number of aryl methyl sites for hydroxylation is 1. The first-order valence-electron chi connectivity index (χ1n) is 11.0. The number of alkyl halides is 3. The number of hydrogen-bond acceptors (Lipinski definition) is 3. The normalized spacial score (nSPS) is 17.7. The van der Waals surface area contributed by atoms with Gasteiger partial charge in [-0.2, -0.15) is 13.2 Å². The Hall–Kier alpha value is -2.97. The van der Waals surface area contributed by atoms with E-state index in [9.17, 15) is 18.0 Å². The van der Waals surface area contributed by atoms with E-state index in [1.807, 2.05) is 35.9 Å². The van der Waals surface area contributed by atoms with Gasteiger partial charge in [0.1, 0.15) is 0 Å². The molecule has 2 atom stereocenters. The van der Waals surface area contributed by atoms with Gasteiger partial charge < -0.3 is 9.88 Å². The highest BCUT2D eigenvalue weighted by molar-refractivity contribution is 6.34. The number of rotatable bonds is 5. The van der Waals surface area contributed by atoms with Crippen LogP contribution >= 0.6 is 11.6 Å². The van der Waals surface area contributed by atoms with Gasteiger partial charge in [-0.05, 0) is 43.1 Å². The number of carbonyl (C=O) groups is 1. The van der Waals surface area contributed by atoms with Gasteiger partial charge in [0, 0.05) is 30.8 Å². The summed E-state index contributed by atoms with van der Waals surface area (Å²) in [6, 6.07) is 11.2. The van der Waals surface area contributed by atoms with Crippen molar-refractivity contribution in [1.82, 2.24) is 14.9 Å². The van der Waals surface area contributed by atoms with Gasteiger partial charge in [-0.3, -0.25) is 4.79 Å². The minimum absolute atomic E-state index is 0.0454. The van der Waals surface area contributed by atoms with E-state index in [4.69, 9.17) is 11.6 Å². The van der Waals surface area contributed by atoms with Crippen molar-refractivity contribution in [2.75, 3.05) is 6.54 Å². The number of nitrogens with zero attached hydrogens (tertiary/aromatic N) is 3. The number of benzene rings is 2. The second-order valence-electron chi connectivity index (χ2n) is 8.35. The van der Waals surface area contributed by atoms with Crippen molar-refractivity contribution in [2.45, 2.75) is 37.4 Å². The number of amides is 1. The third-order valence-electron chi connectivity index (χ3n) is 6.05. The number of aliphatic imine (C=N–C) groups is 1. The Morgan fingerprint density at radius 3 is 2.74 bits per heavy atom. The Bertz CT molecular complexity index is 1200. The first-order chi connectivity index (χ1) is 16.3. The molecule has 1 aliphatic rings. The second kappa shape index (κ2) is 10.1. The average molecular weight is 489 g/mol. The summed E-state index contributed by atoms with van der Waals surface area (Å²) in [5.41, 5.74) is 1.54. The first kappa shape index (κ1) is 24.2. The molecular weight excluding hydrogens is 465 g/mol. The lowest BCUT2D eigenvalue weighted by atomic mass is 9.86. The molecular formula is C25H24ClF3N4O. The van der Waals surface area contributed by atoms with E-state index < -0.39 is 22.7 Å². The Morgan fingerprint density at radius 1 is 1.26 bits per heavy atom. The van der Waals surface area contributed by atoms with Gasteiger partial charge in [0.2, 0.25) is 0 Å². The van der Waals surface area contributed by atoms with Crippen molar-refractivity contribution in [3.8, 4) is 11.3 Å². The Labute approximate surface area is 200 Å². The smallest absolute Gasteiger partial charge is 0.334 e. The van der Waals surface area contributed by atoms with Gasteiger partial charge in [0.15, 0.2) is 0 Å². The number of carbonyl (C=O) groups excluding carboxylic acids is 1. The summed E-state index contributed by atoms with van der Waals surface area (Å²) in [6.45, 7) is 0.851. The molecule has 3 aromatic rings. The Balaban J connectivity index is 1.67. The van der Waals surface area contributed by atoms with Crippen LogP contribution in [0.3, 0.4) is 0 Å². The van der Waals surface area contributed by atoms with Crippen LogP contribution in [0.2, 0.25) is 5.02 Å². The van der Waals surface area contributed by atoms with Crippen LogP contribution in [0.4, 0.5) is 13.2 Å². The Kier molecular flexibility index (Phi) is 7.19. The van der Waals surface area contributed by atoms with Crippen molar-refractivity contribution < 1.29 is 18.0 Å². The van der Waals surface area contributed by atoms with Crippen LogP contribution < -0.4 is 5.32 Å². The number of hydrogen-bond donors (Lipinski definition) is 1. The third kappa shape index (κ3) is 5.23. The van der Waals surface area contributed by atoms with Crippen molar-refractivity contribution in [2.24, 2.45) is 12.0 Å². The molecule has 1 aromatic heterocycles. The molecule has 1 fully saturated rings. The van der Waals surface area contributed by atoms with Gasteiger partial charge in [0.05, 0.1) is 34.4 Å². The SMILES string of the molecule is Cn1cncc1-c1cccc(C(C=NC(=O)c2cccc(C(F)(F)F)c2Cl)C2CCCCN2)c1. The summed E-state index contributed by atoms with van der Waals surface area (Å²) in [7, 11) is 1.91. The topological polar surface area (TPSA) is 59.3 Å². The molecule has 34 heavy (non-hydrogen) atoms. The van der Waals surface area contributed by atoms with Crippen LogP contribution in [-0.4, -0.2) is 34.3 Å². The van der Waals surface area contributed by atoms with E-state index in [0.29, 0.717) is 0 Å². The maximum absolute atomic E-state index is 13.2. The van der Waals surface area contributed by atoms with E-state index in [1.165, 1.54) is 12.3 Å². The summed E-state index contributed by atoms with van der Waals surface area (Å²) < 4.78 is 41.5. The van der Waals surface area contributed by atoms with Crippen molar-refractivity contribution in [1.29, 1.82) is 0 Å². The van der Waals surface area contributed by atoms with Crippen LogP contribution in [0.1, 0.15) is 46.7 Å². The van der Waals surface area contributed by atoms with E-state index in [0.717, 1.165) is 54.8 Å². The average Bonchev–Trinajstić information content (AvgIpc) is 3.25. The second-order valence-corrected chi connectivity index (χ2v) is 8.72. The van der Waals surface area contributed by atoms with E-state index in [1.54, 1.807) is 12.5 Å². The van der Waals surface area contributed by atoms with Crippen LogP contribution in [0.5, 0.6) is 0 Å². The highest BCUT2D eigenvalue weighted by Crippen LogP contribution is 2.36. The van der Waals surface area contributed by atoms with E-state index in [2.05, 4.69) is 15.3 Å². The molecule has 1 aliphatic heterocycles. The maximum Gasteiger partial charge on any atom is 0.417 e. The minimum atomic E-state index is -4.65. The molecule has 0 radical (unpaired) electrons. The first-order valence-corrected chi connectivity index (χ1v) is 11.4.